The Morgan fingerprint density at radius 3 is 2.57 bits per heavy atom. The molecule has 0 fully saturated rings. The van der Waals surface area contributed by atoms with Gasteiger partial charge in [-0.3, -0.25) is 0 Å². The van der Waals surface area contributed by atoms with Crippen molar-refractivity contribution in [3.63, 3.8) is 0 Å². The molecule has 0 saturated heterocycles. The van der Waals surface area contributed by atoms with Gasteiger partial charge >= 0.3 is 0 Å². The van der Waals surface area contributed by atoms with Crippen LogP contribution < -0.4 is 4.74 Å². The second kappa shape index (κ2) is 4.72. The highest BCUT2D eigenvalue weighted by Crippen LogP contribution is 2.28. The molecule has 0 spiro atoms. The van der Waals surface area contributed by atoms with E-state index in [2.05, 4.69) is 0 Å². The zero-order valence-corrected chi connectivity index (χ0v) is 7.97. The number of hydrogen-bond donors (Lipinski definition) is 3. The number of rotatable bonds is 4. The third kappa shape index (κ3) is 2.81. The molecule has 0 aromatic heterocycles. The smallest absolute Gasteiger partial charge is 0.161 e. The zero-order chi connectivity index (χ0) is 10.6. The average molecular weight is 198 g/mol. The molecule has 0 aliphatic carbocycles. The summed E-state index contributed by atoms with van der Waals surface area (Å²) < 4.78 is 5.17. The molecule has 1 aromatic carbocycles. The Morgan fingerprint density at radius 1 is 1.29 bits per heavy atom. The SMILES string of the molecule is CCC(O)COc1ccc(O)c(O)c1. The predicted octanol–water partition coefficient (Wildman–Crippen LogP) is 1.25. The number of benzene rings is 1. The number of ether oxygens (including phenoxy) is 1. The van der Waals surface area contributed by atoms with Crippen molar-refractivity contribution in [2.75, 3.05) is 6.61 Å². The minimum atomic E-state index is -0.508. The second-order valence-corrected chi connectivity index (χ2v) is 3.02. The van der Waals surface area contributed by atoms with Crippen molar-refractivity contribution < 1.29 is 20.1 Å². The van der Waals surface area contributed by atoms with Crippen molar-refractivity contribution in [2.24, 2.45) is 0 Å². The van der Waals surface area contributed by atoms with Crippen LogP contribution in [-0.2, 0) is 0 Å². The van der Waals surface area contributed by atoms with Crippen LogP contribution in [0.1, 0.15) is 13.3 Å². The standard InChI is InChI=1S/C10H14O4/c1-2-7(11)6-14-8-3-4-9(12)10(13)5-8/h3-5,7,11-13H,2,6H2,1H3. The lowest BCUT2D eigenvalue weighted by Gasteiger charge is -2.10. The average Bonchev–Trinajstić information content (AvgIpc) is 2.19. The number of aliphatic hydroxyl groups excluding tert-OH is 1. The van der Waals surface area contributed by atoms with E-state index in [1.54, 1.807) is 0 Å². The molecule has 14 heavy (non-hydrogen) atoms. The van der Waals surface area contributed by atoms with Gasteiger partial charge in [0, 0.05) is 6.07 Å². The lowest BCUT2D eigenvalue weighted by Crippen LogP contribution is -2.15. The van der Waals surface area contributed by atoms with Gasteiger partial charge in [0.25, 0.3) is 0 Å². The predicted molar refractivity (Wildman–Crippen MR) is 51.6 cm³/mol. The first-order chi connectivity index (χ1) is 6.63. The molecule has 3 N–H and O–H groups in total. The van der Waals surface area contributed by atoms with Gasteiger partial charge in [-0.15, -0.1) is 0 Å². The molecular weight excluding hydrogens is 184 g/mol. The molecule has 0 saturated carbocycles. The van der Waals surface area contributed by atoms with E-state index in [0.717, 1.165) is 0 Å². The topological polar surface area (TPSA) is 69.9 Å². The van der Waals surface area contributed by atoms with Crippen LogP contribution in [0, 0.1) is 0 Å². The van der Waals surface area contributed by atoms with Crippen LogP contribution in [0.25, 0.3) is 0 Å². The van der Waals surface area contributed by atoms with E-state index in [0.29, 0.717) is 12.2 Å². The Bertz CT molecular complexity index is 298. The summed E-state index contributed by atoms with van der Waals surface area (Å²) in [6, 6.07) is 4.16. The molecule has 0 amide bonds. The molecule has 0 aliphatic heterocycles. The van der Waals surface area contributed by atoms with E-state index < -0.39 is 6.10 Å². The van der Waals surface area contributed by atoms with Crippen molar-refractivity contribution >= 4 is 0 Å². The second-order valence-electron chi connectivity index (χ2n) is 3.02. The first-order valence-electron chi connectivity index (χ1n) is 4.46. The fourth-order valence-corrected chi connectivity index (χ4v) is 0.903. The fraction of sp³-hybridized carbons (Fsp3) is 0.400. The summed E-state index contributed by atoms with van der Waals surface area (Å²) in [5.74, 6) is 0.00896. The third-order valence-electron chi connectivity index (χ3n) is 1.86. The van der Waals surface area contributed by atoms with E-state index >= 15 is 0 Å². The van der Waals surface area contributed by atoms with Gasteiger partial charge in [0.2, 0.25) is 0 Å². The van der Waals surface area contributed by atoms with Crippen LogP contribution in [0.4, 0.5) is 0 Å². The number of phenols is 2. The van der Waals surface area contributed by atoms with Crippen molar-refractivity contribution in [3.8, 4) is 17.2 Å². The summed E-state index contributed by atoms with van der Waals surface area (Å²) in [6.45, 7) is 2.03. The first kappa shape index (κ1) is 10.7. The van der Waals surface area contributed by atoms with Crippen molar-refractivity contribution in [1.82, 2.24) is 0 Å². The van der Waals surface area contributed by atoms with E-state index in [9.17, 15) is 5.11 Å². The van der Waals surface area contributed by atoms with Gasteiger partial charge in [-0.05, 0) is 18.6 Å². The highest BCUT2D eigenvalue weighted by molar-refractivity contribution is 5.43. The van der Waals surface area contributed by atoms with Crippen LogP contribution in [0.5, 0.6) is 17.2 Å². The highest BCUT2D eigenvalue weighted by atomic mass is 16.5. The van der Waals surface area contributed by atoms with Gasteiger partial charge in [-0.25, -0.2) is 0 Å². The van der Waals surface area contributed by atoms with Crippen LogP contribution in [0.15, 0.2) is 18.2 Å². The van der Waals surface area contributed by atoms with Gasteiger partial charge in [0.05, 0.1) is 6.10 Å². The van der Waals surface area contributed by atoms with Gasteiger partial charge in [0.1, 0.15) is 12.4 Å². The van der Waals surface area contributed by atoms with E-state index in [-0.39, 0.29) is 18.1 Å². The number of aliphatic hydroxyl groups is 1. The quantitative estimate of drug-likeness (QED) is 0.637. The maximum Gasteiger partial charge on any atom is 0.161 e. The molecule has 0 aliphatic rings. The Balaban J connectivity index is 2.55. The van der Waals surface area contributed by atoms with Crippen LogP contribution in [0.3, 0.4) is 0 Å². The fourth-order valence-electron chi connectivity index (χ4n) is 0.903. The summed E-state index contributed by atoms with van der Waals surface area (Å²) in [5.41, 5.74) is 0. The molecule has 4 nitrogen and oxygen atoms in total. The number of aromatic hydroxyl groups is 2. The number of hydrogen-bond acceptors (Lipinski definition) is 4. The van der Waals surface area contributed by atoms with Crippen LogP contribution in [-0.4, -0.2) is 28.0 Å². The summed E-state index contributed by atoms with van der Waals surface area (Å²) in [7, 11) is 0. The molecule has 78 valence electrons. The Morgan fingerprint density at radius 2 is 2.00 bits per heavy atom. The molecule has 1 aromatic rings. The molecule has 1 rings (SSSR count). The van der Waals surface area contributed by atoms with Gasteiger partial charge < -0.3 is 20.1 Å². The lowest BCUT2D eigenvalue weighted by atomic mass is 10.3. The molecule has 1 atom stereocenters. The molecular formula is C10H14O4. The summed E-state index contributed by atoms with van der Waals surface area (Å²) >= 11 is 0. The first-order valence-corrected chi connectivity index (χ1v) is 4.46. The normalized spacial score (nSPS) is 12.4. The molecule has 4 heteroatoms. The van der Waals surface area contributed by atoms with E-state index in [1.165, 1.54) is 18.2 Å². The third-order valence-corrected chi connectivity index (χ3v) is 1.86. The monoisotopic (exact) mass is 198 g/mol. The molecule has 0 heterocycles. The van der Waals surface area contributed by atoms with E-state index in [1.807, 2.05) is 6.92 Å². The minimum Gasteiger partial charge on any atom is -0.504 e. The molecule has 1 unspecified atom stereocenters. The Kier molecular flexibility index (Phi) is 3.59. The summed E-state index contributed by atoms with van der Waals surface area (Å²) in [6.07, 6.45) is 0.107. The molecule has 0 radical (unpaired) electrons. The van der Waals surface area contributed by atoms with Gasteiger partial charge in [-0.1, -0.05) is 6.92 Å². The summed E-state index contributed by atoms with van der Waals surface area (Å²) in [4.78, 5) is 0. The van der Waals surface area contributed by atoms with Crippen molar-refractivity contribution in [1.29, 1.82) is 0 Å². The lowest BCUT2D eigenvalue weighted by molar-refractivity contribution is 0.104. The largest absolute Gasteiger partial charge is 0.504 e. The summed E-state index contributed by atoms with van der Waals surface area (Å²) in [5, 5.41) is 27.3. The van der Waals surface area contributed by atoms with Crippen LogP contribution in [0.2, 0.25) is 0 Å². The van der Waals surface area contributed by atoms with Crippen molar-refractivity contribution in [2.45, 2.75) is 19.4 Å². The number of phenolic OH excluding ortho intramolecular Hbond substituents is 2. The Labute approximate surface area is 82.4 Å². The minimum absolute atomic E-state index is 0.181. The Hall–Kier alpha value is -1.42. The van der Waals surface area contributed by atoms with Crippen LogP contribution >= 0.6 is 0 Å². The zero-order valence-electron chi connectivity index (χ0n) is 7.97. The van der Waals surface area contributed by atoms with Gasteiger partial charge in [-0.2, -0.15) is 0 Å². The maximum absolute atomic E-state index is 9.21. The van der Waals surface area contributed by atoms with Crippen molar-refractivity contribution in [3.05, 3.63) is 18.2 Å². The highest BCUT2D eigenvalue weighted by Gasteiger charge is 2.04. The molecule has 0 bridgehead atoms. The van der Waals surface area contributed by atoms with Gasteiger partial charge in [0.15, 0.2) is 11.5 Å². The van der Waals surface area contributed by atoms with E-state index in [4.69, 9.17) is 14.9 Å². The maximum atomic E-state index is 9.21.